The predicted octanol–water partition coefficient (Wildman–Crippen LogP) is 2.92. The van der Waals surface area contributed by atoms with E-state index in [2.05, 4.69) is 6.07 Å². The summed E-state index contributed by atoms with van der Waals surface area (Å²) >= 11 is 1.75. The molecule has 1 aromatic heterocycles. The van der Waals surface area contributed by atoms with Gasteiger partial charge >= 0.3 is 0 Å². The number of nitrogens with one attached hydrogen (secondary N) is 1. The monoisotopic (exact) mass is 267 g/mol. The van der Waals surface area contributed by atoms with Crippen LogP contribution in [0, 0.1) is 23.7 Å². The standard InChI is InChI=1S/C15H13N3S/c1-10-2-4-11(5-3-10)12-8-14-18(6-7-19-14)15(17)13(12)9-16/h2-5,8,17H,6-7H2,1H3. The lowest BCUT2D eigenvalue weighted by Gasteiger charge is -2.10. The second-order valence-electron chi connectivity index (χ2n) is 4.60. The van der Waals surface area contributed by atoms with Gasteiger partial charge in [0.15, 0.2) is 0 Å². The molecule has 2 aromatic rings. The third kappa shape index (κ3) is 1.96. The molecule has 0 spiro atoms. The van der Waals surface area contributed by atoms with Crippen LogP contribution in [-0.4, -0.2) is 10.3 Å². The number of hydrogen-bond donors (Lipinski definition) is 1. The molecule has 1 aliphatic heterocycles. The maximum Gasteiger partial charge on any atom is 0.144 e. The normalized spacial score (nSPS) is 13.1. The molecular formula is C15H13N3S. The molecule has 3 rings (SSSR count). The van der Waals surface area contributed by atoms with Gasteiger partial charge in [0.1, 0.15) is 17.1 Å². The molecule has 4 heteroatoms. The summed E-state index contributed by atoms with van der Waals surface area (Å²) in [6.07, 6.45) is 0. The van der Waals surface area contributed by atoms with Crippen LogP contribution in [0.2, 0.25) is 0 Å². The number of thioether (sulfide) groups is 1. The Bertz CT molecular complexity index is 736. The van der Waals surface area contributed by atoms with Crippen molar-refractivity contribution in [2.45, 2.75) is 18.5 Å². The topological polar surface area (TPSA) is 52.6 Å². The molecule has 0 saturated heterocycles. The first-order chi connectivity index (χ1) is 9.20. The second kappa shape index (κ2) is 4.60. The summed E-state index contributed by atoms with van der Waals surface area (Å²) < 4.78 is 1.92. The third-order valence-corrected chi connectivity index (χ3v) is 4.37. The Kier molecular flexibility index (Phi) is 2.92. The quantitative estimate of drug-likeness (QED) is 0.863. The fourth-order valence-corrected chi connectivity index (χ4v) is 3.33. The van der Waals surface area contributed by atoms with Gasteiger partial charge in [-0.25, -0.2) is 0 Å². The highest BCUT2D eigenvalue weighted by atomic mass is 32.2. The number of rotatable bonds is 1. The van der Waals surface area contributed by atoms with Crippen LogP contribution in [0.4, 0.5) is 0 Å². The van der Waals surface area contributed by atoms with E-state index < -0.39 is 0 Å². The van der Waals surface area contributed by atoms with Gasteiger partial charge in [-0.05, 0) is 18.6 Å². The van der Waals surface area contributed by atoms with E-state index in [9.17, 15) is 5.26 Å². The number of aromatic nitrogens is 1. The molecule has 1 aromatic carbocycles. The van der Waals surface area contributed by atoms with E-state index in [1.165, 1.54) is 5.56 Å². The minimum atomic E-state index is 0.334. The van der Waals surface area contributed by atoms with E-state index in [0.29, 0.717) is 11.1 Å². The SMILES string of the molecule is Cc1ccc(-c2cc3n(c(=N)c2C#N)CCS3)cc1. The summed E-state index contributed by atoms with van der Waals surface area (Å²) in [6.45, 7) is 2.86. The van der Waals surface area contributed by atoms with Gasteiger partial charge in [-0.15, -0.1) is 11.8 Å². The van der Waals surface area contributed by atoms with Crippen LogP contribution in [0.15, 0.2) is 35.4 Å². The maximum absolute atomic E-state index is 9.36. The lowest BCUT2D eigenvalue weighted by Crippen LogP contribution is -2.22. The summed E-state index contributed by atoms with van der Waals surface area (Å²) in [4.78, 5) is 0. The molecular weight excluding hydrogens is 254 g/mol. The van der Waals surface area contributed by atoms with E-state index in [-0.39, 0.29) is 0 Å². The van der Waals surface area contributed by atoms with Crippen LogP contribution in [0.1, 0.15) is 11.1 Å². The van der Waals surface area contributed by atoms with Crippen molar-refractivity contribution in [3.05, 3.63) is 46.9 Å². The number of benzene rings is 1. The predicted molar refractivity (Wildman–Crippen MR) is 75.9 cm³/mol. The highest BCUT2D eigenvalue weighted by Crippen LogP contribution is 2.30. The van der Waals surface area contributed by atoms with Gasteiger partial charge < -0.3 is 4.57 Å². The van der Waals surface area contributed by atoms with Crippen molar-refractivity contribution in [2.24, 2.45) is 0 Å². The lowest BCUT2D eigenvalue weighted by atomic mass is 10.0. The third-order valence-electron chi connectivity index (χ3n) is 3.35. The Balaban J connectivity index is 2.27. The van der Waals surface area contributed by atoms with E-state index >= 15 is 0 Å². The fraction of sp³-hybridized carbons (Fsp3) is 0.200. The van der Waals surface area contributed by atoms with Gasteiger partial charge in [-0.2, -0.15) is 5.26 Å². The molecule has 0 fully saturated rings. The molecule has 0 bridgehead atoms. The number of nitrogens with zero attached hydrogens (tertiary/aromatic N) is 2. The van der Waals surface area contributed by atoms with Crippen LogP contribution in [0.3, 0.4) is 0 Å². The van der Waals surface area contributed by atoms with Gasteiger partial charge in [0, 0.05) is 17.9 Å². The zero-order valence-corrected chi connectivity index (χ0v) is 11.4. The molecule has 0 radical (unpaired) electrons. The largest absolute Gasteiger partial charge is 0.319 e. The molecule has 94 valence electrons. The zero-order chi connectivity index (χ0) is 13.4. The van der Waals surface area contributed by atoms with Crippen LogP contribution in [0.25, 0.3) is 11.1 Å². The van der Waals surface area contributed by atoms with E-state index in [0.717, 1.165) is 28.5 Å². The minimum Gasteiger partial charge on any atom is -0.319 e. The minimum absolute atomic E-state index is 0.334. The van der Waals surface area contributed by atoms with E-state index in [4.69, 9.17) is 5.41 Å². The van der Waals surface area contributed by atoms with Crippen molar-refractivity contribution in [3.8, 4) is 17.2 Å². The summed E-state index contributed by atoms with van der Waals surface area (Å²) in [6, 6.07) is 12.3. The second-order valence-corrected chi connectivity index (χ2v) is 5.71. The average molecular weight is 267 g/mol. The van der Waals surface area contributed by atoms with Gasteiger partial charge in [-0.3, -0.25) is 5.41 Å². The Labute approximate surface area is 116 Å². The van der Waals surface area contributed by atoms with Gasteiger partial charge in [0.25, 0.3) is 0 Å². The van der Waals surface area contributed by atoms with Crippen LogP contribution < -0.4 is 5.49 Å². The van der Waals surface area contributed by atoms with Crippen molar-refractivity contribution >= 4 is 11.8 Å². The summed E-state index contributed by atoms with van der Waals surface area (Å²) in [5.41, 5.74) is 3.87. The van der Waals surface area contributed by atoms with Crippen molar-refractivity contribution in [2.75, 3.05) is 5.75 Å². The van der Waals surface area contributed by atoms with Crippen LogP contribution in [0.5, 0.6) is 0 Å². The molecule has 0 aliphatic carbocycles. The molecule has 2 heterocycles. The number of pyridine rings is 1. The lowest BCUT2D eigenvalue weighted by molar-refractivity contribution is 0.668. The summed E-state index contributed by atoms with van der Waals surface area (Å²) in [5, 5.41) is 18.6. The smallest absolute Gasteiger partial charge is 0.144 e. The molecule has 0 unspecified atom stereocenters. The summed E-state index contributed by atoms with van der Waals surface area (Å²) in [5.74, 6) is 0.980. The zero-order valence-electron chi connectivity index (χ0n) is 10.6. The van der Waals surface area contributed by atoms with Crippen molar-refractivity contribution in [1.82, 2.24) is 4.57 Å². The Morgan fingerprint density at radius 3 is 2.74 bits per heavy atom. The molecule has 1 aliphatic rings. The molecule has 19 heavy (non-hydrogen) atoms. The average Bonchev–Trinajstić information content (AvgIpc) is 2.88. The van der Waals surface area contributed by atoms with Gasteiger partial charge in [0.2, 0.25) is 0 Å². The number of aryl methyl sites for hydroxylation is 1. The Morgan fingerprint density at radius 2 is 2.05 bits per heavy atom. The van der Waals surface area contributed by atoms with Crippen molar-refractivity contribution < 1.29 is 0 Å². The van der Waals surface area contributed by atoms with Crippen molar-refractivity contribution in [1.29, 1.82) is 10.7 Å². The number of nitriles is 1. The molecule has 0 saturated carbocycles. The summed E-state index contributed by atoms with van der Waals surface area (Å²) in [7, 11) is 0. The number of hydrogen-bond acceptors (Lipinski definition) is 3. The van der Waals surface area contributed by atoms with E-state index in [1.807, 2.05) is 41.8 Å². The molecule has 0 amide bonds. The molecule has 1 N–H and O–H groups in total. The number of fused-ring (bicyclic) bond motifs is 1. The Morgan fingerprint density at radius 1 is 1.32 bits per heavy atom. The first-order valence-corrected chi connectivity index (χ1v) is 7.11. The fourth-order valence-electron chi connectivity index (χ4n) is 2.30. The molecule has 0 atom stereocenters. The molecule has 3 nitrogen and oxygen atoms in total. The van der Waals surface area contributed by atoms with Gasteiger partial charge in [-0.1, -0.05) is 29.8 Å². The van der Waals surface area contributed by atoms with Crippen LogP contribution >= 0.6 is 11.8 Å². The van der Waals surface area contributed by atoms with Gasteiger partial charge in [0.05, 0.1) is 5.03 Å². The highest BCUT2D eigenvalue weighted by molar-refractivity contribution is 7.99. The van der Waals surface area contributed by atoms with Crippen molar-refractivity contribution in [3.63, 3.8) is 0 Å². The Hall–Kier alpha value is -1.99. The maximum atomic E-state index is 9.36. The first-order valence-electron chi connectivity index (χ1n) is 6.13. The van der Waals surface area contributed by atoms with Crippen LogP contribution in [-0.2, 0) is 6.54 Å². The first kappa shape index (κ1) is 12.1. The highest BCUT2D eigenvalue weighted by Gasteiger charge is 2.17. The van der Waals surface area contributed by atoms with E-state index in [1.54, 1.807) is 11.8 Å².